The minimum absolute atomic E-state index is 0.000927. The van der Waals surface area contributed by atoms with Crippen LogP contribution in [0.5, 0.6) is 5.75 Å². The maximum absolute atomic E-state index is 10.9. The summed E-state index contributed by atoms with van der Waals surface area (Å²) >= 11 is 0. The van der Waals surface area contributed by atoms with E-state index in [0.717, 1.165) is 0 Å². The smallest absolute Gasteiger partial charge is 0.341 e. The lowest BCUT2D eigenvalue weighted by Gasteiger charge is -2.10. The van der Waals surface area contributed by atoms with E-state index in [1.165, 1.54) is 6.07 Å². The molecule has 0 radical (unpaired) electrons. The lowest BCUT2D eigenvalue weighted by molar-refractivity contribution is 0.0688. The van der Waals surface area contributed by atoms with Gasteiger partial charge in [0.1, 0.15) is 17.9 Å². The normalized spacial score (nSPS) is 10.1. The van der Waals surface area contributed by atoms with Crippen molar-refractivity contribution in [2.75, 3.05) is 25.6 Å². The summed E-state index contributed by atoms with van der Waals surface area (Å²) in [6.07, 6.45) is 0. The molecule has 0 aliphatic carbocycles. The summed E-state index contributed by atoms with van der Waals surface area (Å²) < 4.78 is 10.4. The molecule has 0 fully saturated rings. The molecule has 1 rings (SSSR count). The highest BCUT2D eigenvalue weighted by atomic mass is 16.5. The Bertz CT molecular complexity index is 365. The van der Waals surface area contributed by atoms with E-state index in [4.69, 9.17) is 20.3 Å². The van der Waals surface area contributed by atoms with Gasteiger partial charge in [0.25, 0.3) is 0 Å². The summed E-state index contributed by atoms with van der Waals surface area (Å²) in [6.45, 7) is 3.21. The van der Waals surface area contributed by atoms with Gasteiger partial charge in [0.05, 0.1) is 6.61 Å². The number of hydrogen-bond acceptors (Lipinski definition) is 4. The first-order chi connectivity index (χ1) is 7.66. The number of aromatic carboxylic acids is 1. The topological polar surface area (TPSA) is 81.8 Å². The standard InChI is InChI=1S/C11H15NO4/c1-2-15-6-7-16-9-5-3-4-8(12)10(9)11(13)14/h3-5H,2,6-7,12H2,1H3,(H,13,14). The molecule has 0 aliphatic heterocycles. The van der Waals surface area contributed by atoms with Gasteiger partial charge in [-0.25, -0.2) is 4.79 Å². The molecular weight excluding hydrogens is 210 g/mol. The van der Waals surface area contributed by atoms with Crippen molar-refractivity contribution in [2.45, 2.75) is 6.92 Å². The third kappa shape index (κ3) is 3.13. The summed E-state index contributed by atoms with van der Waals surface area (Å²) in [7, 11) is 0. The van der Waals surface area contributed by atoms with Crippen LogP contribution in [0.3, 0.4) is 0 Å². The molecule has 5 heteroatoms. The Kier molecular flexibility index (Phi) is 4.60. The average molecular weight is 225 g/mol. The summed E-state index contributed by atoms with van der Waals surface area (Å²) in [6, 6.07) is 4.75. The number of hydrogen-bond donors (Lipinski definition) is 2. The monoisotopic (exact) mass is 225 g/mol. The number of ether oxygens (including phenoxy) is 2. The number of benzene rings is 1. The largest absolute Gasteiger partial charge is 0.490 e. The van der Waals surface area contributed by atoms with Crippen LogP contribution in [0.25, 0.3) is 0 Å². The van der Waals surface area contributed by atoms with E-state index in [9.17, 15) is 4.79 Å². The Balaban J connectivity index is 2.71. The third-order valence-electron chi connectivity index (χ3n) is 1.96. The van der Waals surface area contributed by atoms with E-state index in [2.05, 4.69) is 0 Å². The van der Waals surface area contributed by atoms with Gasteiger partial charge in [0.2, 0.25) is 0 Å². The Hall–Kier alpha value is -1.75. The second kappa shape index (κ2) is 5.97. The SMILES string of the molecule is CCOCCOc1cccc(N)c1C(=O)O. The molecule has 0 unspecified atom stereocenters. The predicted octanol–water partition coefficient (Wildman–Crippen LogP) is 1.38. The summed E-state index contributed by atoms with van der Waals surface area (Å²) in [5, 5.41) is 8.96. The van der Waals surface area contributed by atoms with Crippen LogP contribution in [0.4, 0.5) is 5.69 Å². The van der Waals surface area contributed by atoms with Gasteiger partial charge in [0, 0.05) is 12.3 Å². The van der Waals surface area contributed by atoms with Crippen molar-refractivity contribution in [2.24, 2.45) is 0 Å². The molecule has 0 saturated carbocycles. The number of anilines is 1. The van der Waals surface area contributed by atoms with Crippen LogP contribution in [0.15, 0.2) is 18.2 Å². The first kappa shape index (κ1) is 12.3. The predicted molar refractivity (Wildman–Crippen MR) is 59.8 cm³/mol. The van der Waals surface area contributed by atoms with E-state index in [1.807, 2.05) is 6.92 Å². The highest BCUT2D eigenvalue weighted by Gasteiger charge is 2.14. The Morgan fingerprint density at radius 3 is 2.81 bits per heavy atom. The molecule has 0 aromatic heterocycles. The Morgan fingerprint density at radius 2 is 2.19 bits per heavy atom. The van der Waals surface area contributed by atoms with Gasteiger partial charge in [-0.15, -0.1) is 0 Å². The Labute approximate surface area is 93.8 Å². The molecule has 3 N–H and O–H groups in total. The van der Waals surface area contributed by atoms with Gasteiger partial charge >= 0.3 is 5.97 Å². The summed E-state index contributed by atoms with van der Waals surface area (Å²) in [5.41, 5.74) is 5.76. The van der Waals surface area contributed by atoms with E-state index in [-0.39, 0.29) is 17.0 Å². The zero-order valence-corrected chi connectivity index (χ0v) is 9.10. The van der Waals surface area contributed by atoms with Gasteiger partial charge in [-0.05, 0) is 19.1 Å². The van der Waals surface area contributed by atoms with Crippen molar-refractivity contribution >= 4 is 11.7 Å². The molecule has 0 amide bonds. The van der Waals surface area contributed by atoms with Crippen LogP contribution in [0, 0.1) is 0 Å². The highest BCUT2D eigenvalue weighted by Crippen LogP contribution is 2.24. The molecule has 88 valence electrons. The van der Waals surface area contributed by atoms with Crippen molar-refractivity contribution in [3.05, 3.63) is 23.8 Å². The molecule has 1 aromatic carbocycles. The van der Waals surface area contributed by atoms with Gasteiger partial charge in [-0.3, -0.25) is 0 Å². The fourth-order valence-electron chi connectivity index (χ4n) is 1.25. The number of carbonyl (C=O) groups is 1. The van der Waals surface area contributed by atoms with Crippen molar-refractivity contribution in [1.82, 2.24) is 0 Å². The number of carboxylic acids is 1. The zero-order valence-electron chi connectivity index (χ0n) is 9.10. The lowest BCUT2D eigenvalue weighted by atomic mass is 10.1. The molecular formula is C11H15NO4. The molecule has 0 heterocycles. The second-order valence-corrected chi connectivity index (χ2v) is 3.07. The van der Waals surface area contributed by atoms with Gasteiger partial charge in [-0.2, -0.15) is 0 Å². The number of carboxylic acid groups (broad SMARTS) is 1. The van der Waals surface area contributed by atoms with Crippen LogP contribution in [0.2, 0.25) is 0 Å². The van der Waals surface area contributed by atoms with E-state index >= 15 is 0 Å². The number of nitrogen functional groups attached to an aromatic ring is 1. The van der Waals surface area contributed by atoms with E-state index in [1.54, 1.807) is 12.1 Å². The van der Waals surface area contributed by atoms with Gasteiger partial charge < -0.3 is 20.3 Å². The van der Waals surface area contributed by atoms with Crippen molar-refractivity contribution in [3.63, 3.8) is 0 Å². The molecule has 5 nitrogen and oxygen atoms in total. The molecule has 16 heavy (non-hydrogen) atoms. The van der Waals surface area contributed by atoms with Crippen molar-refractivity contribution < 1.29 is 19.4 Å². The van der Waals surface area contributed by atoms with Gasteiger partial charge in [0.15, 0.2) is 0 Å². The van der Waals surface area contributed by atoms with Crippen molar-refractivity contribution in [3.8, 4) is 5.75 Å². The summed E-state index contributed by atoms with van der Waals surface area (Å²) in [5.74, 6) is -0.822. The van der Waals surface area contributed by atoms with E-state index < -0.39 is 5.97 Å². The average Bonchev–Trinajstić information content (AvgIpc) is 2.24. The van der Waals surface area contributed by atoms with Gasteiger partial charge in [-0.1, -0.05) is 6.07 Å². The first-order valence-corrected chi connectivity index (χ1v) is 4.99. The number of nitrogens with two attached hydrogens (primary N) is 1. The second-order valence-electron chi connectivity index (χ2n) is 3.07. The maximum Gasteiger partial charge on any atom is 0.341 e. The number of rotatable bonds is 6. The van der Waals surface area contributed by atoms with Crippen LogP contribution in [-0.4, -0.2) is 30.9 Å². The van der Waals surface area contributed by atoms with Crippen LogP contribution in [-0.2, 0) is 4.74 Å². The quantitative estimate of drug-likeness (QED) is 0.564. The molecule has 0 aliphatic rings. The maximum atomic E-state index is 10.9. The lowest BCUT2D eigenvalue weighted by Crippen LogP contribution is -2.10. The van der Waals surface area contributed by atoms with Crippen LogP contribution < -0.4 is 10.5 Å². The fraction of sp³-hybridized carbons (Fsp3) is 0.364. The molecule has 1 aromatic rings. The molecule has 0 spiro atoms. The van der Waals surface area contributed by atoms with E-state index in [0.29, 0.717) is 19.8 Å². The minimum atomic E-state index is -1.09. The molecule has 0 atom stereocenters. The Morgan fingerprint density at radius 1 is 1.44 bits per heavy atom. The van der Waals surface area contributed by atoms with Crippen LogP contribution in [0.1, 0.15) is 17.3 Å². The first-order valence-electron chi connectivity index (χ1n) is 4.99. The van der Waals surface area contributed by atoms with Crippen LogP contribution >= 0.6 is 0 Å². The molecule has 0 saturated heterocycles. The highest BCUT2D eigenvalue weighted by molar-refractivity contribution is 5.96. The fourth-order valence-corrected chi connectivity index (χ4v) is 1.25. The molecule has 0 bridgehead atoms. The third-order valence-corrected chi connectivity index (χ3v) is 1.96. The minimum Gasteiger partial charge on any atom is -0.490 e. The zero-order chi connectivity index (χ0) is 12.0. The van der Waals surface area contributed by atoms with Crippen molar-refractivity contribution in [1.29, 1.82) is 0 Å². The summed E-state index contributed by atoms with van der Waals surface area (Å²) in [4.78, 5) is 10.9.